The van der Waals surface area contributed by atoms with Gasteiger partial charge in [0.2, 0.25) is 0 Å². The minimum atomic E-state index is -0.0697. The van der Waals surface area contributed by atoms with E-state index in [0.29, 0.717) is 18.1 Å². The lowest BCUT2D eigenvalue weighted by atomic mass is 10.3. The van der Waals surface area contributed by atoms with Crippen molar-refractivity contribution >= 4 is 34.4 Å². The molecule has 1 fully saturated rings. The third-order valence-electron chi connectivity index (χ3n) is 5.00. The molecule has 2 amide bonds. The molecule has 1 saturated heterocycles. The van der Waals surface area contributed by atoms with Crippen molar-refractivity contribution in [2.75, 3.05) is 31.5 Å². The molecule has 140 valence electrons. The number of rotatable bonds is 3. The number of fused-ring (bicyclic) bond motifs is 1. The Morgan fingerprint density at radius 2 is 1.78 bits per heavy atom. The van der Waals surface area contributed by atoms with Gasteiger partial charge in [0.25, 0.3) is 0 Å². The second kappa shape index (κ2) is 7.58. The molecule has 2 heterocycles. The summed E-state index contributed by atoms with van der Waals surface area (Å²) in [6, 6.07) is 15.3. The zero-order chi connectivity index (χ0) is 18.8. The van der Waals surface area contributed by atoms with Crippen LogP contribution in [-0.2, 0) is 13.6 Å². The summed E-state index contributed by atoms with van der Waals surface area (Å²) in [6.07, 6.45) is 0. The molecular formula is C20H22ClN5O. The van der Waals surface area contributed by atoms with Crippen molar-refractivity contribution in [3.05, 3.63) is 59.4 Å². The van der Waals surface area contributed by atoms with Crippen molar-refractivity contribution in [2.24, 2.45) is 7.05 Å². The number of urea groups is 1. The fraction of sp³-hybridized carbons (Fsp3) is 0.300. The maximum Gasteiger partial charge on any atom is 0.321 e. The van der Waals surface area contributed by atoms with Crippen LogP contribution in [0.4, 0.5) is 10.5 Å². The monoisotopic (exact) mass is 383 g/mol. The number of nitrogens with one attached hydrogen (secondary N) is 1. The molecule has 7 heteroatoms. The zero-order valence-corrected chi connectivity index (χ0v) is 16.0. The quantitative estimate of drug-likeness (QED) is 0.752. The van der Waals surface area contributed by atoms with Gasteiger partial charge in [-0.05, 0) is 36.4 Å². The maximum atomic E-state index is 12.4. The van der Waals surface area contributed by atoms with Gasteiger partial charge in [-0.2, -0.15) is 0 Å². The largest absolute Gasteiger partial charge is 0.330 e. The van der Waals surface area contributed by atoms with Crippen LogP contribution in [0, 0.1) is 0 Å². The maximum absolute atomic E-state index is 12.4. The number of amides is 2. The van der Waals surface area contributed by atoms with Gasteiger partial charge < -0.3 is 14.8 Å². The summed E-state index contributed by atoms with van der Waals surface area (Å²) < 4.78 is 2.15. The smallest absolute Gasteiger partial charge is 0.321 e. The van der Waals surface area contributed by atoms with Gasteiger partial charge in [0.15, 0.2) is 0 Å². The number of hydrogen-bond donors (Lipinski definition) is 1. The normalized spacial score (nSPS) is 15.3. The van der Waals surface area contributed by atoms with Gasteiger partial charge in [0, 0.05) is 43.9 Å². The molecule has 27 heavy (non-hydrogen) atoms. The second-order valence-electron chi connectivity index (χ2n) is 6.78. The van der Waals surface area contributed by atoms with E-state index in [1.54, 1.807) is 12.1 Å². The van der Waals surface area contributed by atoms with E-state index in [1.807, 2.05) is 35.2 Å². The van der Waals surface area contributed by atoms with Crippen LogP contribution in [-0.4, -0.2) is 51.6 Å². The summed E-state index contributed by atoms with van der Waals surface area (Å²) in [7, 11) is 2.06. The van der Waals surface area contributed by atoms with Crippen LogP contribution < -0.4 is 5.32 Å². The topological polar surface area (TPSA) is 53.4 Å². The summed E-state index contributed by atoms with van der Waals surface area (Å²) in [5.41, 5.74) is 2.93. The second-order valence-corrected chi connectivity index (χ2v) is 7.21. The third-order valence-corrected chi connectivity index (χ3v) is 5.25. The van der Waals surface area contributed by atoms with Crippen molar-refractivity contribution in [2.45, 2.75) is 6.54 Å². The Kier molecular flexibility index (Phi) is 5.01. The zero-order valence-electron chi connectivity index (χ0n) is 15.2. The molecule has 1 aliphatic rings. The highest BCUT2D eigenvalue weighted by atomic mass is 35.5. The minimum Gasteiger partial charge on any atom is -0.330 e. The van der Waals surface area contributed by atoms with E-state index in [-0.39, 0.29) is 6.03 Å². The van der Waals surface area contributed by atoms with Gasteiger partial charge in [-0.3, -0.25) is 4.90 Å². The fourth-order valence-electron chi connectivity index (χ4n) is 3.38. The number of anilines is 1. The molecule has 0 atom stereocenters. The molecule has 0 radical (unpaired) electrons. The number of piperazine rings is 1. The van der Waals surface area contributed by atoms with Crippen molar-refractivity contribution < 1.29 is 4.79 Å². The first-order valence-corrected chi connectivity index (χ1v) is 9.42. The van der Waals surface area contributed by atoms with Crippen LogP contribution in [0.1, 0.15) is 5.82 Å². The number of aromatic nitrogens is 2. The molecule has 4 rings (SSSR count). The van der Waals surface area contributed by atoms with E-state index < -0.39 is 0 Å². The lowest BCUT2D eigenvalue weighted by Crippen LogP contribution is -2.49. The first-order valence-electron chi connectivity index (χ1n) is 9.04. The molecule has 0 unspecified atom stereocenters. The summed E-state index contributed by atoms with van der Waals surface area (Å²) >= 11 is 5.88. The lowest BCUT2D eigenvalue weighted by molar-refractivity contribution is 0.140. The van der Waals surface area contributed by atoms with Gasteiger partial charge >= 0.3 is 6.03 Å². The van der Waals surface area contributed by atoms with Crippen LogP contribution in [0.2, 0.25) is 5.02 Å². The third kappa shape index (κ3) is 3.91. The van der Waals surface area contributed by atoms with Crippen molar-refractivity contribution in [3.63, 3.8) is 0 Å². The Labute approximate surface area is 163 Å². The highest BCUT2D eigenvalue weighted by molar-refractivity contribution is 6.30. The molecule has 2 aromatic carbocycles. The van der Waals surface area contributed by atoms with Crippen molar-refractivity contribution in [1.29, 1.82) is 0 Å². The van der Waals surface area contributed by atoms with E-state index in [2.05, 4.69) is 27.9 Å². The van der Waals surface area contributed by atoms with Gasteiger partial charge in [-0.15, -0.1) is 0 Å². The number of hydrogen-bond acceptors (Lipinski definition) is 3. The Balaban J connectivity index is 1.33. The average Bonchev–Trinajstić information content (AvgIpc) is 3.00. The summed E-state index contributed by atoms with van der Waals surface area (Å²) in [6.45, 7) is 3.85. The fourth-order valence-corrected chi connectivity index (χ4v) is 3.51. The van der Waals surface area contributed by atoms with E-state index >= 15 is 0 Å². The van der Waals surface area contributed by atoms with Crippen molar-refractivity contribution in [3.8, 4) is 0 Å². The number of halogens is 1. The predicted octanol–water partition coefficient (Wildman–Crippen LogP) is 3.58. The number of carbonyl (C=O) groups is 1. The summed E-state index contributed by atoms with van der Waals surface area (Å²) in [4.78, 5) is 21.4. The standard InChI is InChI=1S/C20H22ClN5O/c1-24-18-5-3-2-4-17(18)23-19(24)14-25-10-12-26(13-11-25)20(27)22-16-8-6-15(21)7-9-16/h2-9H,10-14H2,1H3,(H,22,27). The van der Waals surface area contributed by atoms with Gasteiger partial charge in [-0.25, -0.2) is 9.78 Å². The number of aryl methyl sites for hydroxylation is 1. The predicted molar refractivity (Wildman–Crippen MR) is 108 cm³/mol. The van der Waals surface area contributed by atoms with Gasteiger partial charge in [-0.1, -0.05) is 23.7 Å². The van der Waals surface area contributed by atoms with Crippen LogP contribution in [0.5, 0.6) is 0 Å². The van der Waals surface area contributed by atoms with Gasteiger partial charge in [0.1, 0.15) is 5.82 Å². The highest BCUT2D eigenvalue weighted by Gasteiger charge is 2.22. The Hall–Kier alpha value is -2.57. The Morgan fingerprint density at radius 1 is 1.07 bits per heavy atom. The van der Waals surface area contributed by atoms with Crippen LogP contribution in [0.3, 0.4) is 0 Å². The molecular weight excluding hydrogens is 362 g/mol. The highest BCUT2D eigenvalue weighted by Crippen LogP contribution is 2.17. The molecule has 0 bridgehead atoms. The summed E-state index contributed by atoms with van der Waals surface area (Å²) in [5.74, 6) is 1.05. The summed E-state index contributed by atoms with van der Waals surface area (Å²) in [5, 5.41) is 3.58. The first-order chi connectivity index (χ1) is 13.1. The molecule has 0 saturated carbocycles. The molecule has 0 aliphatic carbocycles. The number of para-hydroxylation sites is 2. The molecule has 0 spiro atoms. The Morgan fingerprint density at radius 3 is 2.48 bits per heavy atom. The van der Waals surface area contributed by atoms with E-state index in [1.165, 1.54) is 0 Å². The molecule has 6 nitrogen and oxygen atoms in total. The van der Waals surface area contributed by atoms with Crippen LogP contribution >= 0.6 is 11.6 Å². The minimum absolute atomic E-state index is 0.0697. The van der Waals surface area contributed by atoms with Crippen molar-refractivity contribution in [1.82, 2.24) is 19.4 Å². The number of imidazole rings is 1. The Bertz CT molecular complexity index is 945. The first kappa shape index (κ1) is 17.8. The average molecular weight is 384 g/mol. The molecule has 1 N–H and O–H groups in total. The van der Waals surface area contributed by atoms with Crippen LogP contribution in [0.15, 0.2) is 48.5 Å². The number of carbonyl (C=O) groups excluding carboxylic acids is 1. The van der Waals surface area contributed by atoms with Crippen LogP contribution in [0.25, 0.3) is 11.0 Å². The van der Waals surface area contributed by atoms with E-state index in [0.717, 1.165) is 42.2 Å². The number of nitrogens with zero attached hydrogens (tertiary/aromatic N) is 4. The lowest BCUT2D eigenvalue weighted by Gasteiger charge is -2.34. The SMILES string of the molecule is Cn1c(CN2CCN(C(=O)Nc3ccc(Cl)cc3)CC2)nc2ccccc21. The van der Waals surface area contributed by atoms with Gasteiger partial charge in [0.05, 0.1) is 17.6 Å². The molecule has 1 aromatic heterocycles. The molecule has 3 aromatic rings. The van der Waals surface area contributed by atoms with E-state index in [4.69, 9.17) is 16.6 Å². The van der Waals surface area contributed by atoms with E-state index in [9.17, 15) is 4.79 Å². The molecule has 1 aliphatic heterocycles. The number of benzene rings is 2.